The Labute approximate surface area is 94.7 Å². The third kappa shape index (κ3) is 3.30. The zero-order valence-corrected chi connectivity index (χ0v) is 9.50. The van der Waals surface area contributed by atoms with Crippen molar-refractivity contribution in [2.24, 2.45) is 5.92 Å². The number of alkyl halides is 2. The molecular formula is C13H15F2N. The van der Waals surface area contributed by atoms with E-state index in [0.717, 1.165) is 12.0 Å². The van der Waals surface area contributed by atoms with Crippen molar-refractivity contribution in [2.45, 2.75) is 32.6 Å². The van der Waals surface area contributed by atoms with E-state index in [0.29, 0.717) is 5.92 Å². The van der Waals surface area contributed by atoms with Crippen LogP contribution in [0.2, 0.25) is 0 Å². The Morgan fingerprint density at radius 2 is 1.81 bits per heavy atom. The van der Waals surface area contributed by atoms with E-state index in [1.165, 1.54) is 18.2 Å². The Kier molecular flexibility index (Phi) is 4.00. The number of nitrogens with zero attached hydrogens (tertiary/aromatic N) is 1. The standard InChI is InChI=1S/C13H15F2N/c1-10(2)9-11-3-5-12(6-4-11)13(14,15)7-8-16/h3-6,10H,7,9H2,1-2H3. The van der Waals surface area contributed by atoms with Crippen molar-refractivity contribution in [3.63, 3.8) is 0 Å². The highest BCUT2D eigenvalue weighted by Gasteiger charge is 2.30. The molecule has 0 radical (unpaired) electrons. The third-order valence-electron chi connectivity index (χ3n) is 2.32. The summed E-state index contributed by atoms with van der Waals surface area (Å²) in [5, 5.41) is 8.31. The van der Waals surface area contributed by atoms with Gasteiger partial charge in [0.05, 0.1) is 6.07 Å². The van der Waals surface area contributed by atoms with Crippen LogP contribution in [0.4, 0.5) is 8.78 Å². The molecule has 1 aromatic carbocycles. The average molecular weight is 223 g/mol. The number of hydrogen-bond acceptors (Lipinski definition) is 1. The molecule has 0 saturated heterocycles. The Hall–Kier alpha value is -1.43. The van der Waals surface area contributed by atoms with Gasteiger partial charge in [0.2, 0.25) is 0 Å². The summed E-state index contributed by atoms with van der Waals surface area (Å²) in [7, 11) is 0. The van der Waals surface area contributed by atoms with E-state index in [1.807, 2.05) is 0 Å². The Bertz CT molecular complexity index is 374. The van der Waals surface area contributed by atoms with Gasteiger partial charge in [0.1, 0.15) is 6.42 Å². The van der Waals surface area contributed by atoms with Crippen molar-refractivity contribution in [1.82, 2.24) is 0 Å². The first-order valence-corrected chi connectivity index (χ1v) is 5.30. The quantitative estimate of drug-likeness (QED) is 0.759. The first-order chi connectivity index (χ1) is 7.45. The number of rotatable bonds is 4. The first kappa shape index (κ1) is 12.6. The molecule has 1 aromatic rings. The van der Waals surface area contributed by atoms with Gasteiger partial charge >= 0.3 is 0 Å². The zero-order chi connectivity index (χ0) is 12.2. The van der Waals surface area contributed by atoms with E-state index < -0.39 is 12.3 Å². The van der Waals surface area contributed by atoms with E-state index >= 15 is 0 Å². The lowest BCUT2D eigenvalue weighted by Crippen LogP contribution is -2.12. The van der Waals surface area contributed by atoms with E-state index in [4.69, 9.17) is 5.26 Å². The molecule has 0 aliphatic heterocycles. The molecular weight excluding hydrogens is 208 g/mol. The van der Waals surface area contributed by atoms with Crippen molar-refractivity contribution < 1.29 is 8.78 Å². The van der Waals surface area contributed by atoms with E-state index in [9.17, 15) is 8.78 Å². The van der Waals surface area contributed by atoms with Crippen LogP contribution in [0, 0.1) is 17.2 Å². The molecule has 1 rings (SSSR count). The fourth-order valence-electron chi connectivity index (χ4n) is 1.56. The van der Waals surface area contributed by atoms with Crippen LogP contribution in [0.5, 0.6) is 0 Å². The molecule has 1 nitrogen and oxygen atoms in total. The SMILES string of the molecule is CC(C)Cc1ccc(C(F)(F)CC#N)cc1. The van der Waals surface area contributed by atoms with Crippen LogP contribution in [0.15, 0.2) is 24.3 Å². The first-order valence-electron chi connectivity index (χ1n) is 5.30. The normalized spacial score (nSPS) is 11.5. The second kappa shape index (κ2) is 5.07. The maximum atomic E-state index is 13.3. The number of hydrogen-bond donors (Lipinski definition) is 0. The van der Waals surface area contributed by atoms with Crippen LogP contribution >= 0.6 is 0 Å². The predicted molar refractivity (Wildman–Crippen MR) is 59.1 cm³/mol. The molecule has 0 unspecified atom stereocenters. The second-order valence-corrected chi connectivity index (χ2v) is 4.33. The van der Waals surface area contributed by atoms with Gasteiger partial charge in [-0.2, -0.15) is 5.26 Å². The monoisotopic (exact) mass is 223 g/mol. The Balaban J connectivity index is 2.83. The van der Waals surface area contributed by atoms with Gasteiger partial charge in [-0.1, -0.05) is 38.1 Å². The minimum atomic E-state index is -3.04. The molecule has 0 heterocycles. The minimum absolute atomic E-state index is 0.0819. The zero-order valence-electron chi connectivity index (χ0n) is 9.50. The van der Waals surface area contributed by atoms with E-state index in [1.54, 1.807) is 12.1 Å². The van der Waals surface area contributed by atoms with Crippen LogP contribution in [-0.2, 0) is 12.3 Å². The van der Waals surface area contributed by atoms with Crippen LogP contribution < -0.4 is 0 Å². The average Bonchev–Trinajstić information content (AvgIpc) is 2.17. The third-order valence-corrected chi connectivity index (χ3v) is 2.32. The highest BCUT2D eigenvalue weighted by molar-refractivity contribution is 5.26. The van der Waals surface area contributed by atoms with Crippen LogP contribution in [0.1, 0.15) is 31.4 Å². The summed E-state index contributed by atoms with van der Waals surface area (Å²) in [5.74, 6) is -2.53. The molecule has 3 heteroatoms. The van der Waals surface area contributed by atoms with Crippen molar-refractivity contribution >= 4 is 0 Å². The van der Waals surface area contributed by atoms with Crippen LogP contribution in [0.25, 0.3) is 0 Å². The maximum absolute atomic E-state index is 13.3. The summed E-state index contributed by atoms with van der Waals surface area (Å²) in [4.78, 5) is 0. The van der Waals surface area contributed by atoms with Crippen molar-refractivity contribution in [1.29, 1.82) is 5.26 Å². The summed E-state index contributed by atoms with van der Waals surface area (Å²) in [6.07, 6.45) is 0.112. The highest BCUT2D eigenvalue weighted by atomic mass is 19.3. The largest absolute Gasteiger partial charge is 0.286 e. The summed E-state index contributed by atoms with van der Waals surface area (Å²) in [6.45, 7) is 4.16. The molecule has 0 spiro atoms. The molecule has 0 aliphatic carbocycles. The topological polar surface area (TPSA) is 23.8 Å². The molecule has 0 fully saturated rings. The number of nitriles is 1. The lowest BCUT2D eigenvalue weighted by Gasteiger charge is -2.13. The second-order valence-electron chi connectivity index (χ2n) is 4.33. The Morgan fingerprint density at radius 3 is 2.25 bits per heavy atom. The molecule has 0 aliphatic rings. The van der Waals surface area contributed by atoms with Crippen molar-refractivity contribution in [2.75, 3.05) is 0 Å². The number of halogens is 2. The molecule has 0 amide bonds. The van der Waals surface area contributed by atoms with Gasteiger partial charge < -0.3 is 0 Å². The van der Waals surface area contributed by atoms with Gasteiger partial charge in [-0.15, -0.1) is 0 Å². The summed E-state index contributed by atoms with van der Waals surface area (Å²) >= 11 is 0. The molecule has 16 heavy (non-hydrogen) atoms. The molecule has 0 N–H and O–H groups in total. The summed E-state index contributed by atoms with van der Waals surface area (Å²) < 4.78 is 26.7. The van der Waals surface area contributed by atoms with Crippen LogP contribution in [0.3, 0.4) is 0 Å². The fraction of sp³-hybridized carbons (Fsp3) is 0.462. The lowest BCUT2D eigenvalue weighted by atomic mass is 9.99. The van der Waals surface area contributed by atoms with Gasteiger partial charge in [-0.25, -0.2) is 8.78 Å². The molecule has 0 saturated carbocycles. The van der Waals surface area contributed by atoms with Gasteiger partial charge in [-0.05, 0) is 17.9 Å². The predicted octanol–water partition coefficient (Wildman–Crippen LogP) is 3.89. The van der Waals surface area contributed by atoms with E-state index in [2.05, 4.69) is 13.8 Å². The maximum Gasteiger partial charge on any atom is 0.286 e. The van der Waals surface area contributed by atoms with Gasteiger partial charge in [0, 0.05) is 5.56 Å². The smallest absolute Gasteiger partial charge is 0.200 e. The Morgan fingerprint density at radius 1 is 1.25 bits per heavy atom. The summed E-state index contributed by atoms with van der Waals surface area (Å²) in [5.41, 5.74) is 0.966. The summed E-state index contributed by atoms with van der Waals surface area (Å²) in [6, 6.07) is 7.74. The van der Waals surface area contributed by atoms with Gasteiger partial charge in [0.15, 0.2) is 0 Å². The van der Waals surface area contributed by atoms with Crippen molar-refractivity contribution in [3.8, 4) is 6.07 Å². The van der Waals surface area contributed by atoms with Crippen LogP contribution in [-0.4, -0.2) is 0 Å². The van der Waals surface area contributed by atoms with Gasteiger partial charge in [-0.3, -0.25) is 0 Å². The lowest BCUT2D eigenvalue weighted by molar-refractivity contribution is 0.000936. The molecule has 0 atom stereocenters. The van der Waals surface area contributed by atoms with Gasteiger partial charge in [0.25, 0.3) is 5.92 Å². The van der Waals surface area contributed by atoms with E-state index in [-0.39, 0.29) is 5.56 Å². The number of benzene rings is 1. The highest BCUT2D eigenvalue weighted by Crippen LogP contribution is 2.31. The molecule has 86 valence electrons. The molecule has 0 bridgehead atoms. The minimum Gasteiger partial charge on any atom is -0.200 e. The van der Waals surface area contributed by atoms with Crippen molar-refractivity contribution in [3.05, 3.63) is 35.4 Å². The fourth-order valence-corrected chi connectivity index (χ4v) is 1.56. The molecule has 0 aromatic heterocycles.